The fourth-order valence-corrected chi connectivity index (χ4v) is 1.71. The first-order valence-corrected chi connectivity index (χ1v) is 4.30. The van der Waals surface area contributed by atoms with Crippen molar-refractivity contribution in [3.8, 4) is 0 Å². The molecule has 0 unspecified atom stereocenters. The molecule has 0 radical (unpaired) electrons. The van der Waals surface area contributed by atoms with Crippen LogP contribution in [0.1, 0.15) is 0 Å². The van der Waals surface area contributed by atoms with E-state index in [1.807, 2.05) is 6.07 Å². The van der Waals surface area contributed by atoms with E-state index in [-0.39, 0.29) is 5.78 Å². The van der Waals surface area contributed by atoms with Crippen molar-refractivity contribution in [2.24, 2.45) is 4.99 Å². The predicted octanol–water partition coefficient (Wildman–Crippen LogP) is -0.436. The smallest absolute Gasteiger partial charge is 0.188 e. The van der Waals surface area contributed by atoms with Crippen molar-refractivity contribution >= 4 is 23.6 Å². The number of aliphatic imine (C=N–C) groups is 1. The van der Waals surface area contributed by atoms with Gasteiger partial charge < -0.3 is 0 Å². The number of hydrogen-bond donors (Lipinski definition) is 0. The summed E-state index contributed by atoms with van der Waals surface area (Å²) in [4.78, 5) is 19.6. The number of pyridine rings is 1. The van der Waals surface area contributed by atoms with E-state index < -0.39 is 0 Å². The van der Waals surface area contributed by atoms with Gasteiger partial charge in [0.25, 0.3) is 0 Å². The Morgan fingerprint density at radius 3 is 3.14 bits per heavy atom. The number of carbonyl (C=O) groups is 1. The Hall–Kier alpha value is -2.03. The molecular formula is C11H6N2O. The summed E-state index contributed by atoms with van der Waals surface area (Å²) in [5, 5.41) is 1.91. The molecule has 0 amide bonds. The summed E-state index contributed by atoms with van der Waals surface area (Å²) in [6, 6.07) is 1.84. The summed E-state index contributed by atoms with van der Waals surface area (Å²) in [5.41, 5.74) is 1.56. The molecule has 0 spiro atoms. The van der Waals surface area contributed by atoms with E-state index in [4.69, 9.17) is 0 Å². The Balaban J connectivity index is 2.57. The molecule has 0 saturated carbocycles. The van der Waals surface area contributed by atoms with E-state index in [2.05, 4.69) is 9.98 Å². The van der Waals surface area contributed by atoms with Gasteiger partial charge in [-0.2, -0.15) is 0 Å². The molecule has 0 bridgehead atoms. The van der Waals surface area contributed by atoms with E-state index in [0.29, 0.717) is 5.57 Å². The lowest BCUT2D eigenvalue weighted by Gasteiger charge is -2.04. The van der Waals surface area contributed by atoms with E-state index >= 15 is 0 Å². The van der Waals surface area contributed by atoms with Crippen LogP contribution < -0.4 is 10.4 Å². The summed E-state index contributed by atoms with van der Waals surface area (Å²) in [5.74, 6) is 0.0243. The van der Waals surface area contributed by atoms with Gasteiger partial charge in [0.2, 0.25) is 0 Å². The second-order valence-corrected chi connectivity index (χ2v) is 3.21. The molecule has 66 valence electrons. The summed E-state index contributed by atoms with van der Waals surface area (Å²) in [6.07, 6.45) is 8.38. The molecule has 3 heteroatoms. The number of Topliss-reactive ketones (excluding diaryl/α,β-unsaturated/α-hetero) is 1. The van der Waals surface area contributed by atoms with Crippen molar-refractivity contribution in [2.75, 3.05) is 0 Å². The van der Waals surface area contributed by atoms with Gasteiger partial charge in [0.1, 0.15) is 0 Å². The number of ketones is 1. The number of fused-ring (bicyclic) bond motifs is 2. The fraction of sp³-hybridized carbons (Fsp3) is 0. The van der Waals surface area contributed by atoms with Crippen molar-refractivity contribution in [3.63, 3.8) is 0 Å². The first-order chi connectivity index (χ1) is 6.86. The lowest BCUT2D eigenvalue weighted by Crippen LogP contribution is -2.33. The maximum absolute atomic E-state index is 11.6. The van der Waals surface area contributed by atoms with E-state index in [1.165, 1.54) is 0 Å². The summed E-state index contributed by atoms with van der Waals surface area (Å²) in [6.45, 7) is 0. The minimum Gasteiger partial charge on any atom is -0.289 e. The second-order valence-electron chi connectivity index (χ2n) is 3.21. The Bertz CT molecular complexity index is 608. The standard InChI is InChI=1S/C11H6N2O/c14-11-3-7-1-2-12-4-8(7)9-5-13-6-10(9)11/h1-6H. The first kappa shape index (κ1) is 7.38. The Morgan fingerprint density at radius 2 is 2.21 bits per heavy atom. The largest absolute Gasteiger partial charge is 0.289 e. The monoisotopic (exact) mass is 182 g/mol. The van der Waals surface area contributed by atoms with E-state index in [0.717, 1.165) is 16.0 Å². The first-order valence-electron chi connectivity index (χ1n) is 4.30. The molecule has 0 aromatic carbocycles. The third-order valence-corrected chi connectivity index (χ3v) is 2.39. The maximum atomic E-state index is 11.6. The highest BCUT2D eigenvalue weighted by atomic mass is 16.1. The molecule has 1 aromatic heterocycles. The highest BCUT2D eigenvalue weighted by Crippen LogP contribution is 2.16. The van der Waals surface area contributed by atoms with Gasteiger partial charge >= 0.3 is 0 Å². The van der Waals surface area contributed by atoms with Crippen molar-refractivity contribution in [2.45, 2.75) is 0 Å². The van der Waals surface area contributed by atoms with Crippen LogP contribution in [0.5, 0.6) is 0 Å². The number of rotatable bonds is 0. The Kier molecular flexibility index (Phi) is 1.31. The van der Waals surface area contributed by atoms with Crippen LogP contribution in [0, 0.1) is 0 Å². The van der Waals surface area contributed by atoms with Crippen molar-refractivity contribution in [1.29, 1.82) is 0 Å². The van der Waals surface area contributed by atoms with Gasteiger partial charge in [-0.15, -0.1) is 0 Å². The van der Waals surface area contributed by atoms with Crippen LogP contribution in [0.15, 0.2) is 35.2 Å². The van der Waals surface area contributed by atoms with Gasteiger partial charge in [-0.1, -0.05) is 0 Å². The molecule has 3 rings (SSSR count). The lowest BCUT2D eigenvalue weighted by molar-refractivity contribution is -0.109. The second kappa shape index (κ2) is 2.48. The molecule has 1 aliphatic heterocycles. The molecule has 0 fully saturated rings. The van der Waals surface area contributed by atoms with Gasteiger partial charge in [-0.3, -0.25) is 14.8 Å². The highest BCUT2D eigenvalue weighted by Gasteiger charge is 2.18. The number of carbonyl (C=O) groups excluding carboxylic acids is 1. The summed E-state index contributed by atoms with van der Waals surface area (Å²) in [7, 11) is 0. The molecule has 2 heterocycles. The van der Waals surface area contributed by atoms with Crippen LogP contribution in [-0.4, -0.2) is 17.0 Å². The Labute approximate surface area is 79.8 Å². The molecule has 0 saturated heterocycles. The van der Waals surface area contributed by atoms with Crippen molar-refractivity contribution in [3.05, 3.63) is 40.7 Å². The third-order valence-electron chi connectivity index (χ3n) is 2.39. The van der Waals surface area contributed by atoms with Crippen LogP contribution in [0.3, 0.4) is 0 Å². The van der Waals surface area contributed by atoms with Gasteiger partial charge in [0.15, 0.2) is 5.78 Å². The minimum absolute atomic E-state index is 0.0243. The van der Waals surface area contributed by atoms with Crippen LogP contribution in [-0.2, 0) is 4.79 Å². The highest BCUT2D eigenvalue weighted by molar-refractivity contribution is 6.33. The van der Waals surface area contributed by atoms with Gasteiger partial charge in [0.05, 0.1) is 0 Å². The molecular weight excluding hydrogens is 176 g/mol. The summed E-state index contributed by atoms with van der Waals surface area (Å²) >= 11 is 0. The number of aromatic nitrogens is 1. The number of allylic oxidation sites excluding steroid dienone is 1. The molecule has 3 nitrogen and oxygen atoms in total. The molecule has 2 aliphatic rings. The number of hydrogen-bond acceptors (Lipinski definition) is 3. The van der Waals surface area contributed by atoms with Crippen LogP contribution in [0.4, 0.5) is 0 Å². The van der Waals surface area contributed by atoms with E-state index in [1.54, 1.807) is 30.9 Å². The van der Waals surface area contributed by atoms with Crippen LogP contribution in [0.25, 0.3) is 11.6 Å². The summed E-state index contributed by atoms with van der Waals surface area (Å²) < 4.78 is 0. The molecule has 0 N–H and O–H groups in total. The molecule has 14 heavy (non-hydrogen) atoms. The van der Waals surface area contributed by atoms with Crippen LogP contribution >= 0.6 is 0 Å². The van der Waals surface area contributed by atoms with Crippen LogP contribution in [0.2, 0.25) is 0 Å². The zero-order valence-electron chi connectivity index (χ0n) is 7.27. The SMILES string of the molecule is O=C1C=c2ccncc2=C2C=NC=C12. The quantitative estimate of drug-likeness (QED) is 0.546. The Morgan fingerprint density at radius 1 is 1.29 bits per heavy atom. The third kappa shape index (κ3) is 0.836. The van der Waals surface area contributed by atoms with Gasteiger partial charge in [-0.05, 0) is 17.4 Å². The lowest BCUT2D eigenvalue weighted by atomic mass is 9.97. The normalized spacial score (nSPS) is 17.3. The topological polar surface area (TPSA) is 42.3 Å². The molecule has 1 aliphatic carbocycles. The van der Waals surface area contributed by atoms with Gasteiger partial charge in [0, 0.05) is 41.2 Å². The average Bonchev–Trinajstić information content (AvgIpc) is 2.67. The number of nitrogens with zero attached hydrogens (tertiary/aromatic N) is 2. The predicted molar refractivity (Wildman–Crippen MR) is 52.9 cm³/mol. The average molecular weight is 182 g/mol. The van der Waals surface area contributed by atoms with Crippen molar-refractivity contribution in [1.82, 2.24) is 4.98 Å². The van der Waals surface area contributed by atoms with Gasteiger partial charge in [-0.25, -0.2) is 0 Å². The maximum Gasteiger partial charge on any atom is 0.188 e. The molecule has 1 aromatic rings. The zero-order chi connectivity index (χ0) is 9.54. The zero-order valence-corrected chi connectivity index (χ0v) is 7.27. The van der Waals surface area contributed by atoms with E-state index in [9.17, 15) is 4.79 Å². The molecule has 0 atom stereocenters. The minimum atomic E-state index is 0.0243. The van der Waals surface area contributed by atoms with Crippen molar-refractivity contribution < 1.29 is 4.79 Å². The fourth-order valence-electron chi connectivity index (χ4n) is 1.71.